The van der Waals surface area contributed by atoms with Gasteiger partial charge in [0, 0.05) is 26.7 Å². The molecule has 1 aromatic heterocycles. The van der Waals surface area contributed by atoms with Crippen molar-refractivity contribution in [1.29, 1.82) is 0 Å². The minimum absolute atomic E-state index is 0.189. The summed E-state index contributed by atoms with van der Waals surface area (Å²) in [6.07, 6.45) is 0.763. The molecule has 1 heterocycles. The summed E-state index contributed by atoms with van der Waals surface area (Å²) in [5.74, 6) is 0.656. The van der Waals surface area contributed by atoms with Crippen molar-refractivity contribution in [1.82, 2.24) is 9.13 Å². The summed E-state index contributed by atoms with van der Waals surface area (Å²) < 4.78 is 7.94. The summed E-state index contributed by atoms with van der Waals surface area (Å²) in [5.41, 5.74) is 5.42. The Morgan fingerprint density at radius 2 is 2.00 bits per heavy atom. The third kappa shape index (κ3) is 4.35. The average molecular weight is 298 g/mol. The zero-order valence-electron chi connectivity index (χ0n) is 13.3. The molecular weight excluding hydrogens is 272 g/mol. The zero-order chi connectivity index (χ0) is 16.0. The van der Waals surface area contributed by atoms with E-state index in [2.05, 4.69) is 19.2 Å². The van der Waals surface area contributed by atoms with Crippen molar-refractivity contribution in [3.05, 3.63) is 20.8 Å². The molecule has 0 spiro atoms. The molecule has 3 N–H and O–H groups in total. The molecule has 0 fully saturated rings. The molecule has 0 aliphatic heterocycles. The Labute approximate surface area is 124 Å². The van der Waals surface area contributed by atoms with E-state index in [1.54, 1.807) is 0 Å². The van der Waals surface area contributed by atoms with Gasteiger partial charge in [0.1, 0.15) is 11.5 Å². The molecule has 120 valence electrons. The Hall–Kier alpha value is -1.76. The molecule has 0 saturated carbocycles. The van der Waals surface area contributed by atoms with Gasteiger partial charge in [-0.1, -0.05) is 20.8 Å². The minimum Gasteiger partial charge on any atom is -0.383 e. The first-order chi connectivity index (χ1) is 9.90. The number of hydrogen-bond donors (Lipinski definition) is 2. The average Bonchev–Trinajstić information content (AvgIpc) is 2.44. The highest BCUT2D eigenvalue weighted by molar-refractivity contribution is 5.60. The van der Waals surface area contributed by atoms with Crippen LogP contribution in [0.4, 0.5) is 11.5 Å². The molecule has 0 atom stereocenters. The third-order valence-electron chi connectivity index (χ3n) is 3.03. The Bertz CT molecular complexity index is 575. The van der Waals surface area contributed by atoms with E-state index in [0.29, 0.717) is 32.2 Å². The monoisotopic (exact) mass is 298 g/mol. The third-order valence-corrected chi connectivity index (χ3v) is 3.03. The van der Waals surface area contributed by atoms with Crippen molar-refractivity contribution in [2.75, 3.05) is 30.8 Å². The second kappa shape index (κ2) is 7.87. The highest BCUT2D eigenvalue weighted by atomic mass is 16.5. The molecule has 0 amide bonds. The normalized spacial score (nSPS) is 11.1. The molecule has 21 heavy (non-hydrogen) atoms. The van der Waals surface area contributed by atoms with Gasteiger partial charge in [0.25, 0.3) is 5.56 Å². The number of rotatable bonds is 8. The van der Waals surface area contributed by atoms with Gasteiger partial charge in [0.2, 0.25) is 0 Å². The van der Waals surface area contributed by atoms with Gasteiger partial charge in [-0.2, -0.15) is 0 Å². The molecule has 1 rings (SSSR count). The van der Waals surface area contributed by atoms with Crippen molar-refractivity contribution in [2.45, 2.75) is 33.7 Å². The Kier molecular flexibility index (Phi) is 6.48. The van der Waals surface area contributed by atoms with Crippen molar-refractivity contribution < 1.29 is 4.74 Å². The first-order valence-electron chi connectivity index (χ1n) is 7.31. The van der Waals surface area contributed by atoms with Crippen molar-refractivity contribution in [3.63, 3.8) is 0 Å². The minimum atomic E-state index is -0.409. The Balaban J connectivity index is 2.87. The lowest BCUT2D eigenvalue weighted by Crippen LogP contribution is -2.41. The van der Waals surface area contributed by atoms with Crippen LogP contribution in [0.25, 0.3) is 0 Å². The summed E-state index contributed by atoms with van der Waals surface area (Å²) in [7, 11) is 1.46. The van der Waals surface area contributed by atoms with Gasteiger partial charge in [-0.25, -0.2) is 4.79 Å². The maximum absolute atomic E-state index is 12.1. The fourth-order valence-corrected chi connectivity index (χ4v) is 1.96. The molecule has 0 radical (unpaired) electrons. The van der Waals surface area contributed by atoms with E-state index in [1.165, 1.54) is 11.6 Å². The summed E-state index contributed by atoms with van der Waals surface area (Å²) in [4.78, 5) is 24.1. The predicted molar refractivity (Wildman–Crippen MR) is 84.8 cm³/mol. The van der Waals surface area contributed by atoms with Crippen LogP contribution in [0, 0.1) is 5.92 Å². The fraction of sp³-hybridized carbons (Fsp3) is 0.714. The van der Waals surface area contributed by atoms with Crippen LogP contribution in [0.15, 0.2) is 9.59 Å². The van der Waals surface area contributed by atoms with Crippen molar-refractivity contribution in [2.24, 2.45) is 13.0 Å². The van der Waals surface area contributed by atoms with Gasteiger partial charge in [0.15, 0.2) is 0 Å². The molecule has 0 unspecified atom stereocenters. The molecule has 0 bridgehead atoms. The maximum Gasteiger partial charge on any atom is 0.332 e. The van der Waals surface area contributed by atoms with Crippen molar-refractivity contribution >= 4 is 11.5 Å². The number of hydrogen-bond acceptors (Lipinski definition) is 5. The lowest BCUT2D eigenvalue weighted by molar-refractivity contribution is 0.118. The van der Waals surface area contributed by atoms with Crippen LogP contribution in [-0.4, -0.2) is 28.9 Å². The number of anilines is 2. The van der Waals surface area contributed by atoms with Gasteiger partial charge in [-0.15, -0.1) is 0 Å². The van der Waals surface area contributed by atoms with E-state index in [0.717, 1.165) is 11.0 Å². The molecule has 7 heteroatoms. The predicted octanol–water partition coefficient (Wildman–Crippen LogP) is 0.624. The van der Waals surface area contributed by atoms with Crippen LogP contribution < -0.4 is 22.3 Å². The van der Waals surface area contributed by atoms with E-state index in [1.807, 2.05) is 6.92 Å². The Morgan fingerprint density at radius 1 is 1.33 bits per heavy atom. The van der Waals surface area contributed by atoms with Crippen LogP contribution in [0.5, 0.6) is 0 Å². The number of nitrogens with zero attached hydrogens (tertiary/aromatic N) is 2. The molecule has 7 nitrogen and oxygen atoms in total. The van der Waals surface area contributed by atoms with Gasteiger partial charge in [-0.3, -0.25) is 13.9 Å². The second-order valence-corrected chi connectivity index (χ2v) is 5.45. The lowest BCUT2D eigenvalue weighted by atomic mass is 10.2. The van der Waals surface area contributed by atoms with Gasteiger partial charge in [-0.05, 0) is 12.3 Å². The Morgan fingerprint density at radius 3 is 2.57 bits per heavy atom. The number of ether oxygens (including phenoxy) is 1. The SMILES string of the molecule is CCCn1c(N)c(NCCOCC(C)C)c(=O)n(C)c1=O. The maximum atomic E-state index is 12.1. The van der Waals surface area contributed by atoms with Crippen molar-refractivity contribution in [3.8, 4) is 0 Å². The highest BCUT2D eigenvalue weighted by Gasteiger charge is 2.14. The first kappa shape index (κ1) is 17.3. The molecule has 0 aliphatic rings. The van der Waals surface area contributed by atoms with E-state index < -0.39 is 5.56 Å². The number of nitrogens with two attached hydrogens (primary N) is 1. The molecular formula is C14H26N4O3. The quantitative estimate of drug-likeness (QED) is 0.687. The molecule has 1 aromatic rings. The van der Waals surface area contributed by atoms with Crippen LogP contribution in [0.1, 0.15) is 27.2 Å². The fourth-order valence-electron chi connectivity index (χ4n) is 1.96. The summed E-state index contributed by atoms with van der Waals surface area (Å²) >= 11 is 0. The standard InChI is InChI=1S/C14H26N4O3/c1-5-7-18-12(15)11(13(19)17(4)14(18)20)16-6-8-21-9-10(2)3/h10,16H,5-9,15H2,1-4H3. The molecule has 0 aliphatic carbocycles. The van der Waals surface area contributed by atoms with E-state index in [4.69, 9.17) is 10.5 Å². The van der Waals surface area contributed by atoms with Crippen LogP contribution >= 0.6 is 0 Å². The van der Waals surface area contributed by atoms with Crippen LogP contribution in [-0.2, 0) is 18.3 Å². The smallest absolute Gasteiger partial charge is 0.332 e. The van der Waals surface area contributed by atoms with E-state index in [-0.39, 0.29) is 17.2 Å². The number of nitrogens with one attached hydrogen (secondary N) is 1. The van der Waals surface area contributed by atoms with E-state index >= 15 is 0 Å². The molecule has 0 saturated heterocycles. The van der Waals surface area contributed by atoms with Gasteiger partial charge >= 0.3 is 5.69 Å². The first-order valence-corrected chi connectivity index (χ1v) is 7.31. The summed E-state index contributed by atoms with van der Waals surface area (Å²) in [5, 5.41) is 2.98. The highest BCUT2D eigenvalue weighted by Crippen LogP contribution is 2.10. The second-order valence-electron chi connectivity index (χ2n) is 5.45. The summed E-state index contributed by atoms with van der Waals surface area (Å²) in [6, 6.07) is 0. The van der Waals surface area contributed by atoms with E-state index in [9.17, 15) is 9.59 Å². The summed E-state index contributed by atoms with van der Waals surface area (Å²) in [6.45, 7) is 8.19. The van der Waals surface area contributed by atoms with Crippen LogP contribution in [0.3, 0.4) is 0 Å². The number of nitrogen functional groups attached to an aromatic ring is 1. The molecule has 0 aromatic carbocycles. The number of aromatic nitrogens is 2. The zero-order valence-corrected chi connectivity index (χ0v) is 13.3. The largest absolute Gasteiger partial charge is 0.383 e. The topological polar surface area (TPSA) is 91.3 Å². The van der Waals surface area contributed by atoms with Crippen LogP contribution in [0.2, 0.25) is 0 Å². The lowest BCUT2D eigenvalue weighted by Gasteiger charge is -2.15. The van der Waals surface area contributed by atoms with Gasteiger partial charge < -0.3 is 15.8 Å². The van der Waals surface area contributed by atoms with Gasteiger partial charge in [0.05, 0.1) is 6.61 Å².